The van der Waals surface area contributed by atoms with Crippen molar-refractivity contribution >= 4 is 5.57 Å². The van der Waals surface area contributed by atoms with Gasteiger partial charge in [-0.25, -0.2) is 6.58 Å². The number of hydrogen-bond acceptors (Lipinski definition) is 1. The van der Waals surface area contributed by atoms with Crippen LogP contribution < -0.4 is 24.0 Å². The van der Waals surface area contributed by atoms with Crippen LogP contribution in [0.1, 0.15) is 18.1 Å². The smallest absolute Gasteiger partial charge is 1.00 e. The predicted molar refractivity (Wildman–Crippen MR) is 83.9 cm³/mol. The molecule has 0 saturated carbocycles. The largest absolute Gasteiger partial charge is 2.00 e. The minimum atomic E-state index is 0. The molecule has 0 radical (unpaired) electrons. The van der Waals surface area contributed by atoms with Gasteiger partial charge in [-0.15, -0.1) is 35.4 Å². The number of halogens is 1. The van der Waals surface area contributed by atoms with Gasteiger partial charge in [0.25, 0.3) is 0 Å². The Kier molecular flexibility index (Phi) is 14.4. The Morgan fingerprint density at radius 1 is 0.857 bits per heavy atom. The van der Waals surface area contributed by atoms with Crippen LogP contribution in [0.2, 0.25) is 0 Å². The molecular formula is C18H22INW. The second kappa shape index (κ2) is 13.2. The van der Waals surface area contributed by atoms with Crippen molar-refractivity contribution in [3.63, 3.8) is 0 Å². The van der Waals surface area contributed by atoms with Gasteiger partial charge in [0.15, 0.2) is 0 Å². The van der Waals surface area contributed by atoms with Gasteiger partial charge in [0.1, 0.15) is 0 Å². The summed E-state index contributed by atoms with van der Waals surface area (Å²) in [4.78, 5) is 2.12. The third-order valence-corrected chi connectivity index (χ3v) is 2.80. The van der Waals surface area contributed by atoms with Gasteiger partial charge >= 0.3 is 21.1 Å². The molecule has 0 heterocycles. The number of nitrogens with zero attached hydrogens (tertiary/aromatic N) is 1. The van der Waals surface area contributed by atoms with Crippen LogP contribution in [0.15, 0.2) is 60.7 Å². The van der Waals surface area contributed by atoms with Crippen molar-refractivity contribution in [1.29, 1.82) is 0 Å². The second-order valence-corrected chi connectivity index (χ2v) is 4.54. The van der Waals surface area contributed by atoms with E-state index >= 15 is 0 Å². The molecule has 0 amide bonds. The minimum Gasteiger partial charge on any atom is -1.00 e. The molecule has 0 aliphatic carbocycles. The molecule has 0 unspecified atom stereocenters. The van der Waals surface area contributed by atoms with E-state index in [9.17, 15) is 0 Å². The van der Waals surface area contributed by atoms with Gasteiger partial charge in [0.05, 0.1) is 0 Å². The van der Waals surface area contributed by atoms with Crippen LogP contribution >= 0.6 is 0 Å². The molecule has 0 aliphatic rings. The van der Waals surface area contributed by atoms with Crippen molar-refractivity contribution in [3.05, 3.63) is 78.4 Å². The van der Waals surface area contributed by atoms with Gasteiger partial charge < -0.3 is 28.9 Å². The standard InChI is InChI=1S/C14H11.C4H11N.HI.W/c1-12(13-8-4-2-5-9-13)14-10-6-3-7-11-14;1-4-5(2)3;;/h1-11H;4H2,1-3H3;1H;/q-1;;;+2/p-1. The summed E-state index contributed by atoms with van der Waals surface area (Å²) < 4.78 is 0. The molecule has 0 saturated heterocycles. The normalized spacial score (nSPS) is 8.76. The summed E-state index contributed by atoms with van der Waals surface area (Å²) in [5, 5.41) is 0. The maximum atomic E-state index is 6.03. The third kappa shape index (κ3) is 9.23. The SMILES string of the molecule is CCN(C)C.[CH-]=C(c1ccccc1)c1ccccc1.[I-].[W+2]. The zero-order valence-corrected chi connectivity index (χ0v) is 17.9. The van der Waals surface area contributed by atoms with E-state index in [2.05, 4.69) is 25.9 Å². The Hall–Kier alpha value is -0.442. The van der Waals surface area contributed by atoms with Crippen LogP contribution in [-0.2, 0) is 21.1 Å². The monoisotopic (exact) mass is 563 g/mol. The summed E-state index contributed by atoms with van der Waals surface area (Å²) in [5.41, 5.74) is 2.96. The van der Waals surface area contributed by atoms with E-state index in [4.69, 9.17) is 6.58 Å². The fraction of sp³-hybridized carbons (Fsp3) is 0.222. The van der Waals surface area contributed by atoms with Crippen molar-refractivity contribution in [2.45, 2.75) is 6.92 Å². The molecule has 21 heavy (non-hydrogen) atoms. The first-order valence-corrected chi connectivity index (χ1v) is 6.53. The molecule has 3 heteroatoms. The topological polar surface area (TPSA) is 3.24 Å². The van der Waals surface area contributed by atoms with Crippen LogP contribution in [0, 0.1) is 6.58 Å². The molecule has 0 spiro atoms. The molecule has 2 aromatic rings. The summed E-state index contributed by atoms with van der Waals surface area (Å²) >= 11 is 0. The first-order chi connectivity index (χ1) is 9.15. The van der Waals surface area contributed by atoms with Gasteiger partial charge in [-0.05, 0) is 20.6 Å². The second-order valence-electron chi connectivity index (χ2n) is 4.54. The Morgan fingerprint density at radius 3 is 1.38 bits per heavy atom. The average Bonchev–Trinajstić information content (AvgIpc) is 2.49. The third-order valence-electron chi connectivity index (χ3n) is 2.80. The van der Waals surface area contributed by atoms with Crippen molar-refractivity contribution < 1.29 is 45.0 Å². The van der Waals surface area contributed by atoms with Gasteiger partial charge in [0, 0.05) is 0 Å². The molecule has 2 rings (SSSR count). The Labute approximate surface area is 160 Å². The van der Waals surface area contributed by atoms with Crippen LogP contribution in [-0.4, -0.2) is 25.5 Å². The predicted octanol–water partition coefficient (Wildman–Crippen LogP) is 1.12. The van der Waals surface area contributed by atoms with Gasteiger partial charge in [0.2, 0.25) is 0 Å². The van der Waals surface area contributed by atoms with E-state index in [1.54, 1.807) is 0 Å². The van der Waals surface area contributed by atoms with E-state index in [1.807, 2.05) is 60.7 Å². The van der Waals surface area contributed by atoms with E-state index in [0.717, 1.165) is 23.2 Å². The van der Waals surface area contributed by atoms with Crippen molar-refractivity contribution in [3.8, 4) is 0 Å². The van der Waals surface area contributed by atoms with E-state index < -0.39 is 0 Å². The van der Waals surface area contributed by atoms with Crippen molar-refractivity contribution in [2.24, 2.45) is 0 Å². The zero-order valence-electron chi connectivity index (χ0n) is 12.8. The van der Waals surface area contributed by atoms with Gasteiger partial charge in [-0.2, -0.15) is 5.57 Å². The molecule has 1 nitrogen and oxygen atoms in total. The first-order valence-electron chi connectivity index (χ1n) is 6.53. The molecule has 0 atom stereocenters. The van der Waals surface area contributed by atoms with E-state index in [-0.39, 0.29) is 45.0 Å². The van der Waals surface area contributed by atoms with Gasteiger partial charge in [-0.1, -0.05) is 43.3 Å². The Balaban J connectivity index is 0. The summed E-state index contributed by atoms with van der Waals surface area (Å²) in [6, 6.07) is 20.0. The molecule has 0 fully saturated rings. The van der Waals surface area contributed by atoms with Crippen molar-refractivity contribution in [1.82, 2.24) is 4.90 Å². The molecule has 112 valence electrons. The Bertz CT molecular complexity index is 442. The van der Waals surface area contributed by atoms with Crippen LogP contribution in [0.25, 0.3) is 5.57 Å². The number of hydrogen-bond donors (Lipinski definition) is 0. The van der Waals surface area contributed by atoms with Gasteiger partial charge in [-0.3, -0.25) is 0 Å². The maximum Gasteiger partial charge on any atom is 2.00 e. The summed E-state index contributed by atoms with van der Waals surface area (Å²) in [6.07, 6.45) is 0. The first kappa shape index (κ1) is 22.8. The van der Waals surface area contributed by atoms with Crippen molar-refractivity contribution in [2.75, 3.05) is 20.6 Å². The quantitative estimate of drug-likeness (QED) is 0.400. The van der Waals surface area contributed by atoms with Crippen LogP contribution in [0.4, 0.5) is 0 Å². The van der Waals surface area contributed by atoms with Crippen LogP contribution in [0.5, 0.6) is 0 Å². The summed E-state index contributed by atoms with van der Waals surface area (Å²) in [7, 11) is 4.11. The molecule has 0 N–H and O–H groups in total. The maximum absolute atomic E-state index is 6.03. The number of rotatable bonds is 3. The summed E-state index contributed by atoms with van der Waals surface area (Å²) in [5.74, 6) is 0. The summed E-state index contributed by atoms with van der Waals surface area (Å²) in [6.45, 7) is 9.30. The molecule has 0 aromatic heterocycles. The zero-order chi connectivity index (χ0) is 14.1. The van der Waals surface area contributed by atoms with E-state index in [1.165, 1.54) is 0 Å². The average molecular weight is 563 g/mol. The Morgan fingerprint density at radius 2 is 1.14 bits per heavy atom. The number of benzene rings is 2. The molecule has 0 bridgehead atoms. The fourth-order valence-electron chi connectivity index (χ4n) is 1.40. The molecule has 0 aliphatic heterocycles. The van der Waals surface area contributed by atoms with Crippen LogP contribution in [0.3, 0.4) is 0 Å². The molecular weight excluding hydrogens is 541 g/mol. The fourth-order valence-corrected chi connectivity index (χ4v) is 1.40. The minimum absolute atomic E-state index is 0. The molecule has 2 aromatic carbocycles. The van der Waals surface area contributed by atoms with E-state index in [0.29, 0.717) is 0 Å².